The molecular formula is C40H34BNO4. The van der Waals surface area contributed by atoms with Gasteiger partial charge in [-0.25, -0.2) is 0 Å². The summed E-state index contributed by atoms with van der Waals surface area (Å²) < 4.78 is 19.2. The maximum Gasteiger partial charge on any atom is 0.633 e. The van der Waals surface area contributed by atoms with Crippen LogP contribution in [0.5, 0.6) is 11.5 Å². The normalized spacial score (nSPS) is 13.4. The second-order valence-corrected chi connectivity index (χ2v) is 12.5. The van der Waals surface area contributed by atoms with E-state index < -0.39 is 18.8 Å². The summed E-state index contributed by atoms with van der Waals surface area (Å²) in [5.41, 5.74) is 4.05. The van der Waals surface area contributed by atoms with Crippen LogP contribution in [0.3, 0.4) is 0 Å². The molecule has 0 amide bonds. The summed E-state index contributed by atoms with van der Waals surface area (Å²) >= 11 is 0. The fourth-order valence-electron chi connectivity index (χ4n) is 6.08. The van der Waals surface area contributed by atoms with Gasteiger partial charge in [-0.05, 0) is 65.6 Å². The Balaban J connectivity index is 1.31. The van der Waals surface area contributed by atoms with E-state index in [9.17, 15) is 4.79 Å². The van der Waals surface area contributed by atoms with Crippen LogP contribution in [0.2, 0.25) is 0 Å². The summed E-state index contributed by atoms with van der Waals surface area (Å²) in [6.45, 7) is 5.61. The smallest absolute Gasteiger partial charge is 0.521 e. The highest BCUT2D eigenvalue weighted by atomic mass is 16.6. The molecule has 0 aliphatic carbocycles. The van der Waals surface area contributed by atoms with Crippen molar-refractivity contribution >= 4 is 46.3 Å². The molecule has 6 aromatic carbocycles. The average molecular weight is 604 g/mol. The molecule has 0 saturated heterocycles. The van der Waals surface area contributed by atoms with E-state index in [-0.39, 0.29) is 12.4 Å². The highest BCUT2D eigenvalue weighted by Crippen LogP contribution is 2.47. The van der Waals surface area contributed by atoms with Crippen molar-refractivity contribution in [3.05, 3.63) is 139 Å². The first kappa shape index (κ1) is 29.4. The lowest BCUT2D eigenvalue weighted by Gasteiger charge is -2.21. The van der Waals surface area contributed by atoms with E-state index in [0.717, 1.165) is 60.8 Å². The summed E-state index contributed by atoms with van der Waals surface area (Å²) in [6.07, 6.45) is 1.94. The Bertz CT molecular complexity index is 2000. The van der Waals surface area contributed by atoms with Crippen LogP contribution in [-0.4, -0.2) is 24.9 Å². The third-order valence-corrected chi connectivity index (χ3v) is 8.11. The molecule has 0 N–H and O–H groups in total. The maximum absolute atomic E-state index is 12.9. The van der Waals surface area contributed by atoms with Crippen molar-refractivity contribution in [3.8, 4) is 22.6 Å². The number of hydrogen-bond donors (Lipinski definition) is 0. The number of hydrogen-bond acceptors (Lipinski definition) is 5. The number of rotatable bonds is 6. The Hall–Kier alpha value is -5.36. The van der Waals surface area contributed by atoms with Gasteiger partial charge in [-0.3, -0.25) is 9.79 Å². The molecule has 1 aliphatic rings. The van der Waals surface area contributed by atoms with Crippen LogP contribution in [0.1, 0.15) is 44.4 Å². The zero-order chi connectivity index (χ0) is 31.7. The van der Waals surface area contributed by atoms with Gasteiger partial charge in [-0.1, -0.05) is 115 Å². The monoisotopic (exact) mass is 603 g/mol. The van der Waals surface area contributed by atoms with Crippen LogP contribution in [0.15, 0.2) is 132 Å². The van der Waals surface area contributed by atoms with E-state index >= 15 is 0 Å². The SMILES string of the molecule is CC(C)(C)OC(=O)C[C@@H](N=Cc1ccccc1B1Oc2ccc3ccccc3c2-c2c(ccc3ccccc23)O1)c1ccccc1. The van der Waals surface area contributed by atoms with Crippen molar-refractivity contribution in [3.63, 3.8) is 0 Å². The third-order valence-electron chi connectivity index (χ3n) is 8.11. The molecule has 0 saturated carbocycles. The van der Waals surface area contributed by atoms with E-state index in [0.29, 0.717) is 0 Å². The number of carbonyl (C=O) groups excluding carboxylic acids is 1. The number of esters is 1. The fourth-order valence-corrected chi connectivity index (χ4v) is 6.08. The number of fused-ring (bicyclic) bond motifs is 7. The second kappa shape index (κ2) is 12.2. The first-order valence-corrected chi connectivity index (χ1v) is 15.6. The predicted octanol–water partition coefficient (Wildman–Crippen LogP) is 8.72. The largest absolute Gasteiger partial charge is 0.633 e. The molecule has 1 atom stereocenters. The molecule has 5 nitrogen and oxygen atoms in total. The topological polar surface area (TPSA) is 57.1 Å². The number of carbonyl (C=O) groups is 1. The van der Waals surface area contributed by atoms with Crippen LogP contribution in [0, 0.1) is 0 Å². The van der Waals surface area contributed by atoms with Gasteiger partial charge in [-0.2, -0.15) is 0 Å². The first-order valence-electron chi connectivity index (χ1n) is 15.6. The summed E-state index contributed by atoms with van der Waals surface area (Å²) in [7, 11) is -0.744. The van der Waals surface area contributed by atoms with Crippen molar-refractivity contribution in [1.29, 1.82) is 0 Å². The van der Waals surface area contributed by atoms with Gasteiger partial charge in [0.15, 0.2) is 0 Å². The van der Waals surface area contributed by atoms with Crippen LogP contribution in [-0.2, 0) is 9.53 Å². The van der Waals surface area contributed by atoms with E-state index in [1.807, 2.05) is 93.7 Å². The van der Waals surface area contributed by atoms with E-state index in [1.54, 1.807) is 0 Å². The Morgan fingerprint density at radius 1 is 0.717 bits per heavy atom. The van der Waals surface area contributed by atoms with Gasteiger partial charge < -0.3 is 14.0 Å². The summed E-state index contributed by atoms with van der Waals surface area (Å²) in [5, 5.41) is 4.47. The quantitative estimate of drug-likeness (QED) is 0.109. The standard InChI is InChI=1S/C40H34BNO4/c1-40(2,3)44-37(43)25-34(29-15-5-4-6-16-29)42-26-30-17-9-12-20-33(30)41-45-35-23-21-27-13-7-10-18-31(27)38(35)39-32-19-11-8-14-28(32)22-24-36(39)46-41/h4-24,26,34H,25H2,1-3H3/t34-/m1/s1. The summed E-state index contributed by atoms with van der Waals surface area (Å²) in [5.74, 6) is 1.20. The lowest BCUT2D eigenvalue weighted by molar-refractivity contribution is -0.155. The van der Waals surface area contributed by atoms with Gasteiger partial charge in [0.25, 0.3) is 0 Å². The van der Waals surface area contributed by atoms with Crippen molar-refractivity contribution in [2.45, 2.75) is 38.8 Å². The molecule has 0 radical (unpaired) electrons. The van der Waals surface area contributed by atoms with Crippen LogP contribution in [0.25, 0.3) is 32.7 Å². The molecule has 0 fully saturated rings. The first-order chi connectivity index (χ1) is 22.3. The molecule has 0 spiro atoms. The van der Waals surface area contributed by atoms with E-state index in [2.05, 4.69) is 60.7 Å². The highest BCUT2D eigenvalue weighted by Gasteiger charge is 2.35. The minimum Gasteiger partial charge on any atom is -0.521 e. The molecule has 1 heterocycles. The van der Waals surface area contributed by atoms with Gasteiger partial charge in [0.2, 0.25) is 0 Å². The predicted molar refractivity (Wildman–Crippen MR) is 187 cm³/mol. The second-order valence-electron chi connectivity index (χ2n) is 12.5. The van der Waals surface area contributed by atoms with Crippen molar-refractivity contribution < 1.29 is 18.8 Å². The van der Waals surface area contributed by atoms with E-state index in [4.69, 9.17) is 19.0 Å². The van der Waals surface area contributed by atoms with Crippen LogP contribution in [0.4, 0.5) is 0 Å². The average Bonchev–Trinajstić information content (AvgIpc) is 3.24. The summed E-state index contributed by atoms with van der Waals surface area (Å²) in [6, 6.07) is 42.4. The maximum atomic E-state index is 12.9. The third kappa shape index (κ3) is 5.99. The molecule has 1 aliphatic heterocycles. The van der Waals surface area contributed by atoms with Gasteiger partial charge in [0, 0.05) is 22.8 Å². The summed E-state index contributed by atoms with van der Waals surface area (Å²) in [4.78, 5) is 17.8. The van der Waals surface area contributed by atoms with Crippen molar-refractivity contribution in [2.24, 2.45) is 4.99 Å². The zero-order valence-corrected chi connectivity index (χ0v) is 26.1. The number of ether oxygens (including phenoxy) is 1. The van der Waals surface area contributed by atoms with Crippen molar-refractivity contribution in [1.82, 2.24) is 0 Å². The molecule has 6 heteroatoms. The fraction of sp³-hybridized carbons (Fsp3) is 0.150. The van der Waals surface area contributed by atoms with Crippen molar-refractivity contribution in [2.75, 3.05) is 0 Å². The van der Waals surface area contributed by atoms with Gasteiger partial charge in [0.05, 0.1) is 12.5 Å². The molecular weight excluding hydrogens is 569 g/mol. The molecule has 7 rings (SSSR count). The van der Waals surface area contributed by atoms with Gasteiger partial charge in [0.1, 0.15) is 17.1 Å². The highest BCUT2D eigenvalue weighted by molar-refractivity contribution is 6.64. The van der Waals surface area contributed by atoms with Crippen LogP contribution < -0.4 is 14.8 Å². The molecule has 226 valence electrons. The molecule has 0 bridgehead atoms. The number of aliphatic imine (C=N–C) groups is 1. The Morgan fingerprint density at radius 3 is 1.87 bits per heavy atom. The van der Waals surface area contributed by atoms with Gasteiger partial charge >= 0.3 is 13.1 Å². The number of benzene rings is 6. The Labute approximate surface area is 269 Å². The molecule has 0 unspecified atom stereocenters. The number of nitrogens with zero attached hydrogens (tertiary/aromatic N) is 1. The lowest BCUT2D eigenvalue weighted by Crippen LogP contribution is -2.44. The lowest BCUT2D eigenvalue weighted by atomic mass is 9.75. The minimum atomic E-state index is -0.744. The molecule has 0 aromatic heterocycles. The minimum absolute atomic E-state index is 0.122. The Kier molecular flexibility index (Phi) is 7.79. The van der Waals surface area contributed by atoms with Gasteiger partial charge in [-0.15, -0.1) is 0 Å². The zero-order valence-electron chi connectivity index (χ0n) is 26.1. The molecule has 46 heavy (non-hydrogen) atoms. The van der Waals surface area contributed by atoms with E-state index in [1.165, 1.54) is 0 Å². The molecule has 6 aromatic rings. The van der Waals surface area contributed by atoms with Crippen LogP contribution >= 0.6 is 0 Å². The Morgan fingerprint density at radius 2 is 1.26 bits per heavy atom.